The smallest absolute Gasteiger partial charge is 0.180 e. The summed E-state index contributed by atoms with van der Waals surface area (Å²) in [4.78, 5) is 4.23. The summed E-state index contributed by atoms with van der Waals surface area (Å²) in [6, 6.07) is 10.2. The van der Waals surface area contributed by atoms with Crippen LogP contribution < -0.4 is 5.73 Å². The number of rotatable bonds is 2. The van der Waals surface area contributed by atoms with Gasteiger partial charge >= 0.3 is 0 Å². The summed E-state index contributed by atoms with van der Waals surface area (Å²) in [5.41, 5.74) is 8.87. The Morgan fingerprint density at radius 1 is 1.33 bits per heavy atom. The van der Waals surface area contributed by atoms with Crippen LogP contribution in [-0.2, 0) is 0 Å². The Morgan fingerprint density at radius 2 is 2.07 bits per heavy atom. The molecule has 0 saturated heterocycles. The number of hydrogen-bond acceptors (Lipinski definition) is 3. The predicted octanol–water partition coefficient (Wildman–Crippen LogP) is 3.29. The standard InChI is InChI=1S/C12H12N2S/c1-9(11-8-15-12(13)14-11)7-10-5-3-2-4-6-10/h2-8H,1H3,(H2,13,14)/b9-7-. The molecule has 0 bridgehead atoms. The van der Waals surface area contributed by atoms with Gasteiger partial charge < -0.3 is 5.73 Å². The molecular formula is C12H12N2S. The molecular weight excluding hydrogens is 204 g/mol. The lowest BCUT2D eigenvalue weighted by Gasteiger charge is -1.96. The number of allylic oxidation sites excluding steroid dienone is 1. The van der Waals surface area contributed by atoms with Crippen molar-refractivity contribution in [3.8, 4) is 0 Å². The van der Waals surface area contributed by atoms with Crippen LogP contribution in [0.3, 0.4) is 0 Å². The Hall–Kier alpha value is -1.61. The third kappa shape index (κ3) is 2.44. The van der Waals surface area contributed by atoms with E-state index in [1.54, 1.807) is 0 Å². The van der Waals surface area contributed by atoms with Gasteiger partial charge in [0, 0.05) is 5.38 Å². The predicted molar refractivity (Wildman–Crippen MR) is 66.5 cm³/mol. The van der Waals surface area contributed by atoms with Crippen molar-refractivity contribution in [3.05, 3.63) is 47.0 Å². The molecule has 0 atom stereocenters. The zero-order valence-electron chi connectivity index (χ0n) is 8.47. The number of anilines is 1. The van der Waals surface area contributed by atoms with Gasteiger partial charge in [-0.3, -0.25) is 0 Å². The molecule has 0 fully saturated rings. The highest BCUT2D eigenvalue weighted by Gasteiger charge is 2.00. The molecule has 1 heterocycles. The third-order valence-electron chi connectivity index (χ3n) is 2.11. The van der Waals surface area contributed by atoms with Crippen molar-refractivity contribution >= 4 is 28.1 Å². The number of benzene rings is 1. The fourth-order valence-corrected chi connectivity index (χ4v) is 1.96. The van der Waals surface area contributed by atoms with Gasteiger partial charge in [-0.1, -0.05) is 30.3 Å². The SMILES string of the molecule is C/C(=C/c1ccccc1)c1csc(N)n1. The van der Waals surface area contributed by atoms with E-state index in [-0.39, 0.29) is 0 Å². The Labute approximate surface area is 93.1 Å². The molecule has 2 N–H and O–H groups in total. The van der Waals surface area contributed by atoms with Crippen molar-refractivity contribution in [1.82, 2.24) is 4.98 Å². The maximum absolute atomic E-state index is 5.59. The second-order valence-electron chi connectivity index (χ2n) is 3.31. The van der Waals surface area contributed by atoms with E-state index >= 15 is 0 Å². The van der Waals surface area contributed by atoms with Gasteiger partial charge in [-0.25, -0.2) is 4.98 Å². The van der Waals surface area contributed by atoms with Crippen molar-refractivity contribution in [2.45, 2.75) is 6.92 Å². The van der Waals surface area contributed by atoms with E-state index in [0.29, 0.717) is 5.13 Å². The van der Waals surface area contributed by atoms with Crippen LogP contribution in [0.5, 0.6) is 0 Å². The Bertz CT molecular complexity index is 471. The monoisotopic (exact) mass is 216 g/mol. The Balaban J connectivity index is 2.28. The van der Waals surface area contributed by atoms with E-state index in [1.165, 1.54) is 16.9 Å². The molecule has 1 aromatic heterocycles. The van der Waals surface area contributed by atoms with Gasteiger partial charge in [-0.15, -0.1) is 11.3 Å². The van der Waals surface area contributed by atoms with Gasteiger partial charge in [0.05, 0.1) is 5.69 Å². The molecule has 0 aliphatic heterocycles. The Morgan fingerprint density at radius 3 is 2.67 bits per heavy atom. The minimum atomic E-state index is 0.616. The maximum Gasteiger partial charge on any atom is 0.180 e. The summed E-state index contributed by atoms with van der Waals surface area (Å²) in [5.74, 6) is 0. The molecule has 2 nitrogen and oxygen atoms in total. The second-order valence-corrected chi connectivity index (χ2v) is 4.20. The summed E-state index contributed by atoms with van der Waals surface area (Å²) in [5, 5.41) is 2.59. The van der Waals surface area contributed by atoms with Gasteiger partial charge in [0.1, 0.15) is 0 Å². The van der Waals surface area contributed by atoms with Crippen LogP contribution in [-0.4, -0.2) is 4.98 Å². The summed E-state index contributed by atoms with van der Waals surface area (Å²) in [7, 11) is 0. The molecule has 15 heavy (non-hydrogen) atoms. The fourth-order valence-electron chi connectivity index (χ4n) is 1.34. The van der Waals surface area contributed by atoms with Gasteiger partial charge in [0.15, 0.2) is 5.13 Å². The molecule has 2 rings (SSSR count). The van der Waals surface area contributed by atoms with E-state index in [4.69, 9.17) is 5.73 Å². The first-order valence-corrected chi connectivity index (χ1v) is 5.58. The van der Waals surface area contributed by atoms with Gasteiger partial charge in [0.2, 0.25) is 0 Å². The maximum atomic E-state index is 5.59. The fraction of sp³-hybridized carbons (Fsp3) is 0.0833. The topological polar surface area (TPSA) is 38.9 Å². The molecule has 76 valence electrons. The molecule has 1 aromatic carbocycles. The number of nitrogens with two attached hydrogens (primary N) is 1. The van der Waals surface area contributed by atoms with Crippen molar-refractivity contribution in [2.24, 2.45) is 0 Å². The summed E-state index contributed by atoms with van der Waals surface area (Å²) >= 11 is 1.47. The van der Waals surface area contributed by atoms with Crippen LogP contribution in [0.2, 0.25) is 0 Å². The normalized spacial score (nSPS) is 11.7. The first-order chi connectivity index (χ1) is 7.25. The second kappa shape index (κ2) is 4.28. The number of hydrogen-bond donors (Lipinski definition) is 1. The van der Waals surface area contributed by atoms with Crippen LogP contribution in [0.1, 0.15) is 18.2 Å². The molecule has 0 aliphatic carbocycles. The summed E-state index contributed by atoms with van der Waals surface area (Å²) in [6.45, 7) is 2.04. The molecule has 0 aliphatic rings. The molecule has 0 spiro atoms. The third-order valence-corrected chi connectivity index (χ3v) is 2.78. The van der Waals surface area contributed by atoms with Crippen molar-refractivity contribution in [1.29, 1.82) is 0 Å². The number of nitrogens with zero attached hydrogens (tertiary/aromatic N) is 1. The Kier molecular flexibility index (Phi) is 2.83. The van der Waals surface area contributed by atoms with Gasteiger partial charge in [-0.2, -0.15) is 0 Å². The highest BCUT2D eigenvalue weighted by molar-refractivity contribution is 7.13. The highest BCUT2D eigenvalue weighted by atomic mass is 32.1. The van der Waals surface area contributed by atoms with Crippen molar-refractivity contribution in [3.63, 3.8) is 0 Å². The lowest BCUT2D eigenvalue weighted by molar-refractivity contribution is 1.35. The molecule has 3 heteroatoms. The number of aromatic nitrogens is 1. The zero-order valence-corrected chi connectivity index (χ0v) is 9.29. The van der Waals surface area contributed by atoms with Gasteiger partial charge in [-0.05, 0) is 24.1 Å². The van der Waals surface area contributed by atoms with E-state index in [9.17, 15) is 0 Å². The van der Waals surface area contributed by atoms with Crippen LogP contribution in [0, 0.1) is 0 Å². The minimum absolute atomic E-state index is 0.616. The highest BCUT2D eigenvalue weighted by Crippen LogP contribution is 2.20. The minimum Gasteiger partial charge on any atom is -0.375 e. The van der Waals surface area contributed by atoms with Gasteiger partial charge in [0.25, 0.3) is 0 Å². The van der Waals surface area contributed by atoms with Crippen LogP contribution in [0.4, 0.5) is 5.13 Å². The molecule has 0 unspecified atom stereocenters. The van der Waals surface area contributed by atoms with Crippen LogP contribution >= 0.6 is 11.3 Å². The average Bonchev–Trinajstić information content (AvgIpc) is 2.66. The quantitative estimate of drug-likeness (QED) is 0.836. The number of thiazole rings is 1. The van der Waals surface area contributed by atoms with Crippen LogP contribution in [0.15, 0.2) is 35.7 Å². The molecule has 0 saturated carbocycles. The number of nitrogen functional groups attached to an aromatic ring is 1. The lowest BCUT2D eigenvalue weighted by Crippen LogP contribution is -1.84. The zero-order chi connectivity index (χ0) is 10.7. The van der Waals surface area contributed by atoms with Crippen molar-refractivity contribution in [2.75, 3.05) is 5.73 Å². The van der Waals surface area contributed by atoms with Crippen LogP contribution in [0.25, 0.3) is 11.6 Å². The largest absolute Gasteiger partial charge is 0.375 e. The molecule has 0 radical (unpaired) electrons. The first-order valence-electron chi connectivity index (χ1n) is 4.70. The average molecular weight is 216 g/mol. The van der Waals surface area contributed by atoms with E-state index in [2.05, 4.69) is 23.2 Å². The first kappa shape index (κ1) is 9.93. The van der Waals surface area contributed by atoms with E-state index in [1.807, 2.05) is 30.5 Å². The molecule has 2 aromatic rings. The molecule has 0 amide bonds. The van der Waals surface area contributed by atoms with Crippen molar-refractivity contribution < 1.29 is 0 Å². The lowest BCUT2D eigenvalue weighted by atomic mass is 10.1. The summed E-state index contributed by atoms with van der Waals surface area (Å²) in [6.07, 6.45) is 2.11. The summed E-state index contributed by atoms with van der Waals surface area (Å²) < 4.78 is 0. The van der Waals surface area contributed by atoms with E-state index < -0.39 is 0 Å². The van der Waals surface area contributed by atoms with E-state index in [0.717, 1.165) is 11.3 Å².